The molecule has 0 saturated carbocycles. The lowest BCUT2D eigenvalue weighted by molar-refractivity contribution is 0.100. The summed E-state index contributed by atoms with van der Waals surface area (Å²) in [5.41, 5.74) is 4.51. The van der Waals surface area contributed by atoms with Gasteiger partial charge in [0.25, 0.3) is 0 Å². The van der Waals surface area contributed by atoms with Gasteiger partial charge in [-0.15, -0.1) is 0 Å². The van der Waals surface area contributed by atoms with Gasteiger partial charge in [-0.1, -0.05) is 12.1 Å². The number of benzene rings is 2. The minimum absolute atomic E-state index is 0.153. The molecule has 2 N–H and O–H groups in total. The Labute approximate surface area is 191 Å². The van der Waals surface area contributed by atoms with E-state index in [4.69, 9.17) is 8.83 Å². The van der Waals surface area contributed by atoms with Crippen molar-refractivity contribution in [3.63, 3.8) is 0 Å². The van der Waals surface area contributed by atoms with Crippen LogP contribution < -0.4 is 22.0 Å². The first kappa shape index (κ1) is 21.6. The summed E-state index contributed by atoms with van der Waals surface area (Å²) in [6, 6.07) is 12.4. The van der Waals surface area contributed by atoms with E-state index in [0.29, 0.717) is 40.6 Å². The average Bonchev–Trinajstić information content (AvgIpc) is 3.15. The maximum Gasteiger partial charge on any atom is 0.337 e. The normalized spacial score (nSPS) is 13.6. The summed E-state index contributed by atoms with van der Waals surface area (Å²) in [6.07, 6.45) is 2.65. The minimum atomic E-state index is -0.757. The highest BCUT2D eigenvalue weighted by atomic mass is 19.1. The second kappa shape index (κ2) is 8.95. The number of Topliss-reactive ketones (excluding diaryl/α,β-unsaturated/α-hetero) is 1. The zero-order chi connectivity index (χ0) is 23.7. The lowest BCUT2D eigenvalue weighted by Gasteiger charge is -2.13. The summed E-state index contributed by atoms with van der Waals surface area (Å²) in [6.45, 7) is 1.21. The predicted octanol–water partition coefficient (Wildman–Crippen LogP) is 3.21. The van der Waals surface area contributed by atoms with E-state index in [0.717, 1.165) is 24.3 Å². The van der Waals surface area contributed by atoms with Crippen LogP contribution in [0, 0.1) is 5.82 Å². The largest absolute Gasteiger partial charge is 0.423 e. The number of nitrogens with zero attached hydrogens (tertiary/aromatic N) is 1. The van der Waals surface area contributed by atoms with E-state index in [2.05, 4.69) is 10.7 Å². The lowest BCUT2D eigenvalue weighted by Crippen LogP contribution is -2.23. The number of hydrogen-bond donors (Lipinski definition) is 2. The van der Waals surface area contributed by atoms with Crippen LogP contribution in [-0.4, -0.2) is 30.1 Å². The van der Waals surface area contributed by atoms with Crippen molar-refractivity contribution in [2.24, 2.45) is 0 Å². The van der Waals surface area contributed by atoms with Crippen LogP contribution in [0.15, 0.2) is 79.1 Å². The standard InChI is InChI=1S/C25H20FN3O5/c26-17-6-4-15(5-7-17)19(30)14-28-29-18-2-1-3-20-24(18)23(16-10-12-27-13-11-16)25(29)34-22(32)9-8-21(31)33-20/h1-10,27-28H,11-14H2. The minimum Gasteiger partial charge on any atom is -0.423 e. The van der Waals surface area contributed by atoms with Crippen molar-refractivity contribution in [1.82, 2.24) is 9.99 Å². The molecule has 4 aromatic rings. The second-order valence-electron chi connectivity index (χ2n) is 7.79. The van der Waals surface area contributed by atoms with Crippen LogP contribution in [0.5, 0.6) is 0 Å². The van der Waals surface area contributed by atoms with Gasteiger partial charge in [-0.3, -0.25) is 4.79 Å². The van der Waals surface area contributed by atoms with Crippen molar-refractivity contribution >= 4 is 33.6 Å². The van der Waals surface area contributed by atoms with Crippen molar-refractivity contribution in [3.05, 3.63) is 98.5 Å². The van der Waals surface area contributed by atoms with Crippen molar-refractivity contribution in [2.75, 3.05) is 25.1 Å². The zero-order valence-corrected chi connectivity index (χ0v) is 18.0. The smallest absolute Gasteiger partial charge is 0.337 e. The van der Waals surface area contributed by atoms with Crippen LogP contribution >= 0.6 is 0 Å². The molecular formula is C25H20FN3O5. The quantitative estimate of drug-likeness (QED) is 0.440. The molecule has 3 heterocycles. The Balaban J connectivity index is 1.74. The first-order chi connectivity index (χ1) is 16.5. The van der Waals surface area contributed by atoms with E-state index < -0.39 is 17.1 Å². The molecule has 1 aliphatic rings. The molecule has 0 atom stereocenters. The molecule has 2 aromatic carbocycles. The third-order valence-electron chi connectivity index (χ3n) is 5.62. The van der Waals surface area contributed by atoms with Gasteiger partial charge >= 0.3 is 11.3 Å². The molecule has 0 fully saturated rings. The Morgan fingerprint density at radius 3 is 2.53 bits per heavy atom. The molecule has 5 rings (SSSR count). The molecule has 0 amide bonds. The fraction of sp³-hybridized carbons (Fsp3) is 0.160. The van der Waals surface area contributed by atoms with Crippen LogP contribution in [0.2, 0.25) is 0 Å². The molecular weight excluding hydrogens is 441 g/mol. The average molecular weight is 461 g/mol. The number of halogens is 1. The van der Waals surface area contributed by atoms with Gasteiger partial charge in [0.15, 0.2) is 5.78 Å². The molecule has 0 spiro atoms. The van der Waals surface area contributed by atoms with Crippen molar-refractivity contribution in [3.8, 4) is 0 Å². The van der Waals surface area contributed by atoms with E-state index in [1.165, 1.54) is 28.9 Å². The number of rotatable bonds is 5. The molecule has 34 heavy (non-hydrogen) atoms. The second-order valence-corrected chi connectivity index (χ2v) is 7.79. The number of hydrogen-bond acceptors (Lipinski definition) is 7. The summed E-state index contributed by atoms with van der Waals surface area (Å²) in [5.74, 6) is -0.718. The number of nitrogens with one attached hydrogen (secondary N) is 2. The third kappa shape index (κ3) is 4.08. The van der Waals surface area contributed by atoms with Gasteiger partial charge in [0.05, 0.1) is 23.0 Å². The summed E-state index contributed by atoms with van der Waals surface area (Å²) in [4.78, 5) is 37.5. The maximum atomic E-state index is 13.2. The van der Waals surface area contributed by atoms with Crippen molar-refractivity contribution in [1.29, 1.82) is 0 Å². The molecule has 0 radical (unpaired) electrons. The highest BCUT2D eigenvalue weighted by Gasteiger charge is 2.23. The number of carbonyl (C=O) groups excluding carboxylic acids is 1. The Morgan fingerprint density at radius 2 is 1.79 bits per heavy atom. The van der Waals surface area contributed by atoms with Gasteiger partial charge in [0.2, 0.25) is 5.71 Å². The lowest BCUT2D eigenvalue weighted by atomic mass is 9.99. The highest BCUT2D eigenvalue weighted by molar-refractivity contribution is 6.08. The number of ketones is 1. The van der Waals surface area contributed by atoms with E-state index in [9.17, 15) is 18.8 Å². The number of aromatic nitrogens is 1. The highest BCUT2D eigenvalue weighted by Crippen LogP contribution is 2.36. The van der Waals surface area contributed by atoms with Crippen LogP contribution in [0.4, 0.5) is 4.39 Å². The SMILES string of the molecule is O=C(CNn1c2oc(=O)ccc(=O)oc3cccc1c3c2C1=CCNCC1)c1ccc(F)cc1. The van der Waals surface area contributed by atoms with E-state index in [1.807, 2.05) is 6.08 Å². The first-order valence-electron chi connectivity index (χ1n) is 10.7. The van der Waals surface area contributed by atoms with Gasteiger partial charge in [0.1, 0.15) is 11.4 Å². The summed E-state index contributed by atoms with van der Waals surface area (Å²) in [7, 11) is 0. The molecule has 0 unspecified atom stereocenters. The fourth-order valence-corrected chi connectivity index (χ4v) is 4.07. The van der Waals surface area contributed by atoms with E-state index in [-0.39, 0.29) is 18.0 Å². The Kier molecular flexibility index (Phi) is 5.69. The van der Waals surface area contributed by atoms with Gasteiger partial charge in [-0.2, -0.15) is 0 Å². The number of carbonyl (C=O) groups is 1. The van der Waals surface area contributed by atoms with Crippen LogP contribution in [0.1, 0.15) is 22.3 Å². The zero-order valence-electron chi connectivity index (χ0n) is 18.0. The van der Waals surface area contributed by atoms with Gasteiger partial charge in [-0.25, -0.2) is 18.7 Å². The van der Waals surface area contributed by atoms with Crippen LogP contribution in [-0.2, 0) is 0 Å². The molecule has 8 nitrogen and oxygen atoms in total. The Bertz CT molecular complexity index is 1580. The molecule has 2 bridgehead atoms. The maximum absolute atomic E-state index is 13.2. The monoisotopic (exact) mass is 461 g/mol. The molecule has 2 aromatic heterocycles. The molecule has 9 heteroatoms. The van der Waals surface area contributed by atoms with Gasteiger partial charge in [-0.05, 0) is 54.9 Å². The van der Waals surface area contributed by atoms with Gasteiger partial charge in [0, 0.05) is 24.2 Å². The topological polar surface area (TPSA) is 106 Å². The Morgan fingerprint density at radius 1 is 1.03 bits per heavy atom. The summed E-state index contributed by atoms with van der Waals surface area (Å²) >= 11 is 0. The van der Waals surface area contributed by atoms with Gasteiger partial charge < -0.3 is 19.6 Å². The van der Waals surface area contributed by atoms with E-state index in [1.54, 1.807) is 18.2 Å². The molecule has 172 valence electrons. The third-order valence-corrected chi connectivity index (χ3v) is 5.62. The molecule has 1 aliphatic heterocycles. The van der Waals surface area contributed by atoms with Crippen LogP contribution in [0.3, 0.4) is 0 Å². The van der Waals surface area contributed by atoms with E-state index >= 15 is 0 Å². The molecule has 0 aliphatic carbocycles. The van der Waals surface area contributed by atoms with Crippen molar-refractivity contribution < 1.29 is 18.0 Å². The summed E-state index contributed by atoms with van der Waals surface area (Å²) < 4.78 is 26.0. The Hall–Kier alpha value is -4.24. The first-order valence-corrected chi connectivity index (χ1v) is 10.7. The summed E-state index contributed by atoms with van der Waals surface area (Å²) in [5, 5.41) is 3.83. The van der Waals surface area contributed by atoms with Crippen LogP contribution in [0.25, 0.3) is 27.8 Å². The van der Waals surface area contributed by atoms with Crippen molar-refractivity contribution in [2.45, 2.75) is 6.42 Å². The predicted molar refractivity (Wildman–Crippen MR) is 126 cm³/mol. The fourth-order valence-electron chi connectivity index (χ4n) is 4.07. The molecule has 0 saturated heterocycles. The number of fused-ring (bicyclic) bond motifs is 1.